The van der Waals surface area contributed by atoms with Crippen LogP contribution in [-0.4, -0.2) is 11.7 Å². The van der Waals surface area contributed by atoms with Crippen molar-refractivity contribution < 1.29 is 9.84 Å². The second kappa shape index (κ2) is 5.56. The summed E-state index contributed by atoms with van der Waals surface area (Å²) in [5.74, 6) is 1.09. The van der Waals surface area contributed by atoms with Crippen molar-refractivity contribution in [3.05, 3.63) is 59.7 Å². The summed E-state index contributed by atoms with van der Waals surface area (Å²) in [5.41, 5.74) is 8.08. The van der Waals surface area contributed by atoms with Crippen molar-refractivity contribution in [1.29, 1.82) is 0 Å². The summed E-state index contributed by atoms with van der Waals surface area (Å²) >= 11 is 0. The minimum absolute atomic E-state index is 0.204. The second-order valence-corrected chi connectivity index (χ2v) is 4.27. The van der Waals surface area contributed by atoms with Crippen molar-refractivity contribution in [2.75, 3.05) is 6.61 Å². The standard InChI is InChI=1S/C15H17NO2/c1-11-4-2-3-5-15(11)18-10-14(16)12-6-8-13(17)9-7-12/h2-9,14,17H,10,16H2,1H3. The molecule has 0 radical (unpaired) electrons. The van der Waals surface area contributed by atoms with E-state index in [0.29, 0.717) is 6.61 Å². The Morgan fingerprint density at radius 2 is 1.78 bits per heavy atom. The molecule has 94 valence electrons. The zero-order valence-electron chi connectivity index (χ0n) is 10.3. The van der Waals surface area contributed by atoms with Crippen LogP contribution in [-0.2, 0) is 0 Å². The Labute approximate surface area is 107 Å². The van der Waals surface area contributed by atoms with Crippen LogP contribution < -0.4 is 10.5 Å². The summed E-state index contributed by atoms with van der Waals surface area (Å²) < 4.78 is 5.70. The molecule has 2 aromatic carbocycles. The Morgan fingerprint density at radius 1 is 1.11 bits per heavy atom. The topological polar surface area (TPSA) is 55.5 Å². The van der Waals surface area contributed by atoms with E-state index in [1.54, 1.807) is 24.3 Å². The van der Waals surface area contributed by atoms with Gasteiger partial charge in [0.2, 0.25) is 0 Å². The van der Waals surface area contributed by atoms with Crippen LogP contribution in [0, 0.1) is 6.92 Å². The van der Waals surface area contributed by atoms with Crippen LogP contribution in [0.3, 0.4) is 0 Å². The minimum atomic E-state index is -0.204. The number of hydrogen-bond donors (Lipinski definition) is 2. The SMILES string of the molecule is Cc1ccccc1OCC(N)c1ccc(O)cc1. The van der Waals surface area contributed by atoms with Crippen molar-refractivity contribution >= 4 is 0 Å². The monoisotopic (exact) mass is 243 g/mol. The van der Waals surface area contributed by atoms with Crippen LogP contribution in [0.1, 0.15) is 17.2 Å². The molecule has 0 aromatic heterocycles. The Kier molecular flexibility index (Phi) is 3.85. The summed E-state index contributed by atoms with van der Waals surface area (Å²) in [4.78, 5) is 0. The molecule has 2 rings (SSSR count). The number of hydrogen-bond acceptors (Lipinski definition) is 3. The number of aryl methyl sites for hydroxylation is 1. The molecule has 0 heterocycles. The van der Waals surface area contributed by atoms with E-state index in [2.05, 4.69) is 0 Å². The van der Waals surface area contributed by atoms with Gasteiger partial charge in [-0.1, -0.05) is 30.3 Å². The lowest BCUT2D eigenvalue weighted by molar-refractivity contribution is 0.289. The van der Waals surface area contributed by atoms with Crippen molar-refractivity contribution in [1.82, 2.24) is 0 Å². The molecule has 3 heteroatoms. The minimum Gasteiger partial charge on any atom is -0.508 e. The molecule has 0 saturated heterocycles. The molecular weight excluding hydrogens is 226 g/mol. The number of aromatic hydroxyl groups is 1. The van der Waals surface area contributed by atoms with Gasteiger partial charge in [-0.2, -0.15) is 0 Å². The highest BCUT2D eigenvalue weighted by Crippen LogP contribution is 2.19. The summed E-state index contributed by atoms with van der Waals surface area (Å²) in [7, 11) is 0. The molecule has 0 aliphatic heterocycles. The Balaban J connectivity index is 1.98. The van der Waals surface area contributed by atoms with E-state index in [0.717, 1.165) is 16.9 Å². The van der Waals surface area contributed by atoms with Gasteiger partial charge >= 0.3 is 0 Å². The number of benzene rings is 2. The van der Waals surface area contributed by atoms with E-state index in [4.69, 9.17) is 10.5 Å². The number of phenols is 1. The lowest BCUT2D eigenvalue weighted by Gasteiger charge is -2.14. The number of ether oxygens (including phenoxy) is 1. The highest BCUT2D eigenvalue weighted by molar-refractivity contribution is 5.32. The molecule has 18 heavy (non-hydrogen) atoms. The summed E-state index contributed by atoms with van der Waals surface area (Å²) in [5, 5.41) is 9.21. The normalized spacial score (nSPS) is 12.1. The van der Waals surface area contributed by atoms with E-state index < -0.39 is 0 Å². The molecule has 0 fully saturated rings. The maximum absolute atomic E-state index is 9.21. The van der Waals surface area contributed by atoms with E-state index >= 15 is 0 Å². The first-order valence-electron chi connectivity index (χ1n) is 5.90. The summed E-state index contributed by atoms with van der Waals surface area (Å²) in [6, 6.07) is 14.5. The average Bonchev–Trinajstić information content (AvgIpc) is 2.38. The molecule has 1 unspecified atom stereocenters. The molecule has 1 atom stereocenters. The molecule has 0 bridgehead atoms. The predicted molar refractivity (Wildman–Crippen MR) is 71.7 cm³/mol. The largest absolute Gasteiger partial charge is 0.508 e. The number of nitrogens with two attached hydrogens (primary N) is 1. The van der Waals surface area contributed by atoms with Gasteiger partial charge in [0, 0.05) is 0 Å². The number of para-hydroxylation sites is 1. The molecule has 0 amide bonds. The third-order valence-electron chi connectivity index (χ3n) is 2.83. The van der Waals surface area contributed by atoms with Crippen LogP contribution >= 0.6 is 0 Å². The van der Waals surface area contributed by atoms with Gasteiger partial charge in [0.05, 0.1) is 6.04 Å². The van der Waals surface area contributed by atoms with Crippen molar-refractivity contribution in [3.63, 3.8) is 0 Å². The first-order chi connectivity index (χ1) is 8.66. The smallest absolute Gasteiger partial charge is 0.122 e. The van der Waals surface area contributed by atoms with Gasteiger partial charge in [0.25, 0.3) is 0 Å². The fourth-order valence-electron chi connectivity index (χ4n) is 1.72. The molecule has 3 nitrogen and oxygen atoms in total. The van der Waals surface area contributed by atoms with Gasteiger partial charge < -0.3 is 15.6 Å². The lowest BCUT2D eigenvalue weighted by Crippen LogP contribution is -2.19. The average molecular weight is 243 g/mol. The van der Waals surface area contributed by atoms with Crippen molar-refractivity contribution in [2.24, 2.45) is 5.73 Å². The fourth-order valence-corrected chi connectivity index (χ4v) is 1.72. The highest BCUT2D eigenvalue weighted by Gasteiger charge is 2.07. The van der Waals surface area contributed by atoms with Crippen LogP contribution in [0.4, 0.5) is 0 Å². The van der Waals surface area contributed by atoms with E-state index in [1.807, 2.05) is 31.2 Å². The molecule has 0 aliphatic carbocycles. The predicted octanol–water partition coefficient (Wildman–Crippen LogP) is 2.78. The van der Waals surface area contributed by atoms with E-state index in [1.165, 1.54) is 0 Å². The third-order valence-corrected chi connectivity index (χ3v) is 2.83. The van der Waals surface area contributed by atoms with Crippen LogP contribution in [0.15, 0.2) is 48.5 Å². The number of rotatable bonds is 4. The zero-order valence-corrected chi connectivity index (χ0v) is 10.3. The van der Waals surface area contributed by atoms with Crippen LogP contribution in [0.2, 0.25) is 0 Å². The van der Waals surface area contributed by atoms with Crippen LogP contribution in [0.5, 0.6) is 11.5 Å². The molecular formula is C15H17NO2. The van der Waals surface area contributed by atoms with Gasteiger partial charge in [-0.3, -0.25) is 0 Å². The highest BCUT2D eigenvalue weighted by atomic mass is 16.5. The van der Waals surface area contributed by atoms with E-state index in [-0.39, 0.29) is 11.8 Å². The van der Waals surface area contributed by atoms with Gasteiger partial charge in [-0.05, 0) is 36.2 Å². The molecule has 0 spiro atoms. The Morgan fingerprint density at radius 3 is 2.44 bits per heavy atom. The van der Waals surface area contributed by atoms with Gasteiger partial charge in [0.15, 0.2) is 0 Å². The third kappa shape index (κ3) is 3.02. The lowest BCUT2D eigenvalue weighted by atomic mass is 10.1. The molecule has 3 N–H and O–H groups in total. The maximum atomic E-state index is 9.21. The maximum Gasteiger partial charge on any atom is 0.122 e. The van der Waals surface area contributed by atoms with Gasteiger partial charge in [-0.25, -0.2) is 0 Å². The molecule has 2 aromatic rings. The summed E-state index contributed by atoms with van der Waals surface area (Å²) in [6.07, 6.45) is 0. The quantitative estimate of drug-likeness (QED) is 0.868. The van der Waals surface area contributed by atoms with Crippen molar-refractivity contribution in [2.45, 2.75) is 13.0 Å². The first kappa shape index (κ1) is 12.5. The van der Waals surface area contributed by atoms with Crippen LogP contribution in [0.25, 0.3) is 0 Å². The fraction of sp³-hybridized carbons (Fsp3) is 0.200. The van der Waals surface area contributed by atoms with Gasteiger partial charge in [-0.15, -0.1) is 0 Å². The Bertz CT molecular complexity index is 508. The second-order valence-electron chi connectivity index (χ2n) is 4.27. The van der Waals surface area contributed by atoms with Gasteiger partial charge in [0.1, 0.15) is 18.1 Å². The van der Waals surface area contributed by atoms with E-state index in [9.17, 15) is 5.11 Å². The van der Waals surface area contributed by atoms with Crippen molar-refractivity contribution in [3.8, 4) is 11.5 Å². The zero-order chi connectivity index (χ0) is 13.0. The first-order valence-corrected chi connectivity index (χ1v) is 5.90. The Hall–Kier alpha value is -2.00. The number of phenolic OH excluding ortho intramolecular Hbond substituents is 1. The molecule has 0 saturated carbocycles. The molecule has 0 aliphatic rings. The summed E-state index contributed by atoms with van der Waals surface area (Å²) in [6.45, 7) is 2.41.